The lowest BCUT2D eigenvalue weighted by Crippen LogP contribution is -2.42. The third kappa shape index (κ3) is 2.30. The molecule has 0 saturated carbocycles. The first kappa shape index (κ1) is 9.61. The Kier molecular flexibility index (Phi) is 3.10. The minimum Gasteiger partial charge on any atom is -0.370 e. The molecular formula is C9H12N2O2S. The number of hydrogen-bond acceptors (Lipinski definition) is 4. The van der Waals surface area contributed by atoms with Crippen LogP contribution in [-0.2, 0) is 16.0 Å². The Labute approximate surface area is 86.5 Å². The SMILES string of the molecule is O=C1COCCN1CCc1cscn1. The number of morpholine rings is 1. The van der Waals surface area contributed by atoms with Gasteiger partial charge in [0.2, 0.25) is 5.91 Å². The molecule has 1 fully saturated rings. The Morgan fingerprint density at radius 3 is 3.29 bits per heavy atom. The van der Waals surface area contributed by atoms with E-state index in [2.05, 4.69) is 4.98 Å². The molecule has 0 spiro atoms. The topological polar surface area (TPSA) is 42.4 Å². The number of carbonyl (C=O) groups excluding carboxylic acids is 1. The summed E-state index contributed by atoms with van der Waals surface area (Å²) in [6, 6.07) is 0. The van der Waals surface area contributed by atoms with Gasteiger partial charge in [0, 0.05) is 24.9 Å². The quantitative estimate of drug-likeness (QED) is 0.734. The predicted molar refractivity (Wildman–Crippen MR) is 53.2 cm³/mol. The Balaban J connectivity index is 1.82. The zero-order valence-corrected chi connectivity index (χ0v) is 8.63. The Hall–Kier alpha value is -0.940. The minimum absolute atomic E-state index is 0.0893. The van der Waals surface area contributed by atoms with Crippen molar-refractivity contribution in [1.29, 1.82) is 0 Å². The Morgan fingerprint density at radius 2 is 2.57 bits per heavy atom. The highest BCUT2D eigenvalue weighted by Crippen LogP contribution is 2.05. The summed E-state index contributed by atoms with van der Waals surface area (Å²) in [5.41, 5.74) is 2.88. The second-order valence-electron chi connectivity index (χ2n) is 3.16. The third-order valence-electron chi connectivity index (χ3n) is 2.21. The lowest BCUT2D eigenvalue weighted by Gasteiger charge is -2.26. The summed E-state index contributed by atoms with van der Waals surface area (Å²) in [5, 5.41) is 2.02. The molecule has 0 bridgehead atoms. The van der Waals surface area contributed by atoms with E-state index in [4.69, 9.17) is 4.74 Å². The molecule has 5 heteroatoms. The average molecular weight is 212 g/mol. The van der Waals surface area contributed by atoms with Crippen LogP contribution in [0.5, 0.6) is 0 Å². The van der Waals surface area contributed by atoms with Crippen LogP contribution in [0.1, 0.15) is 5.69 Å². The molecule has 0 radical (unpaired) electrons. The highest BCUT2D eigenvalue weighted by molar-refractivity contribution is 7.07. The molecule has 1 aliphatic heterocycles. The van der Waals surface area contributed by atoms with E-state index in [1.807, 2.05) is 15.8 Å². The first-order valence-electron chi connectivity index (χ1n) is 4.59. The van der Waals surface area contributed by atoms with Crippen LogP contribution in [0.4, 0.5) is 0 Å². The van der Waals surface area contributed by atoms with E-state index in [1.54, 1.807) is 11.3 Å². The van der Waals surface area contributed by atoms with Gasteiger partial charge in [-0.2, -0.15) is 0 Å². The Bertz CT molecular complexity index is 300. The molecule has 1 amide bonds. The molecule has 4 nitrogen and oxygen atoms in total. The van der Waals surface area contributed by atoms with E-state index >= 15 is 0 Å². The number of aromatic nitrogens is 1. The summed E-state index contributed by atoms with van der Waals surface area (Å²) < 4.78 is 5.04. The molecule has 76 valence electrons. The van der Waals surface area contributed by atoms with Gasteiger partial charge in [0.25, 0.3) is 0 Å². The van der Waals surface area contributed by atoms with Gasteiger partial charge in [-0.15, -0.1) is 11.3 Å². The van der Waals surface area contributed by atoms with Crippen molar-refractivity contribution in [3.05, 3.63) is 16.6 Å². The predicted octanol–water partition coefficient (Wildman–Crippen LogP) is 0.544. The lowest BCUT2D eigenvalue weighted by atomic mass is 10.3. The fraction of sp³-hybridized carbons (Fsp3) is 0.556. The maximum Gasteiger partial charge on any atom is 0.248 e. The van der Waals surface area contributed by atoms with Crippen LogP contribution in [0.2, 0.25) is 0 Å². The van der Waals surface area contributed by atoms with Crippen molar-refractivity contribution in [3.8, 4) is 0 Å². The van der Waals surface area contributed by atoms with Crippen molar-refractivity contribution in [3.63, 3.8) is 0 Å². The van der Waals surface area contributed by atoms with Gasteiger partial charge in [0.15, 0.2) is 0 Å². The van der Waals surface area contributed by atoms with E-state index in [1.165, 1.54) is 0 Å². The van der Waals surface area contributed by atoms with E-state index < -0.39 is 0 Å². The molecule has 0 unspecified atom stereocenters. The number of carbonyl (C=O) groups is 1. The molecular weight excluding hydrogens is 200 g/mol. The van der Waals surface area contributed by atoms with E-state index in [0.717, 1.165) is 18.7 Å². The van der Waals surface area contributed by atoms with Gasteiger partial charge in [-0.1, -0.05) is 0 Å². The normalized spacial score (nSPS) is 17.4. The molecule has 2 rings (SSSR count). The molecule has 0 atom stereocenters. The highest BCUT2D eigenvalue weighted by Gasteiger charge is 2.17. The third-order valence-corrected chi connectivity index (χ3v) is 2.84. The largest absolute Gasteiger partial charge is 0.370 e. The number of ether oxygens (including phenoxy) is 1. The zero-order valence-electron chi connectivity index (χ0n) is 7.81. The summed E-state index contributed by atoms with van der Waals surface area (Å²) in [6.07, 6.45) is 0.842. The molecule has 0 N–H and O–H groups in total. The van der Waals surface area contributed by atoms with Crippen LogP contribution in [0, 0.1) is 0 Å². The van der Waals surface area contributed by atoms with Gasteiger partial charge >= 0.3 is 0 Å². The summed E-state index contributed by atoms with van der Waals surface area (Å²) in [5.74, 6) is 0.0893. The molecule has 0 aliphatic carbocycles. The van der Waals surface area contributed by atoms with Gasteiger partial charge in [0.05, 0.1) is 17.8 Å². The van der Waals surface area contributed by atoms with Crippen LogP contribution < -0.4 is 0 Å². The van der Waals surface area contributed by atoms with Crippen molar-refractivity contribution < 1.29 is 9.53 Å². The standard InChI is InChI=1S/C9H12N2O2S/c12-9-5-13-4-3-11(9)2-1-8-6-14-7-10-8/h6-7H,1-5H2. The molecule has 2 heterocycles. The molecule has 1 aliphatic rings. The smallest absolute Gasteiger partial charge is 0.248 e. The van der Waals surface area contributed by atoms with Gasteiger partial charge < -0.3 is 9.64 Å². The van der Waals surface area contributed by atoms with Crippen LogP contribution in [0.15, 0.2) is 10.9 Å². The van der Waals surface area contributed by atoms with Gasteiger partial charge in [-0.05, 0) is 0 Å². The average Bonchev–Trinajstić information content (AvgIpc) is 2.69. The molecule has 1 saturated heterocycles. The first-order chi connectivity index (χ1) is 6.86. The minimum atomic E-state index is 0.0893. The number of hydrogen-bond donors (Lipinski definition) is 0. The molecule has 1 aromatic heterocycles. The van der Waals surface area contributed by atoms with Crippen LogP contribution in [0.3, 0.4) is 0 Å². The fourth-order valence-corrected chi connectivity index (χ4v) is 1.99. The van der Waals surface area contributed by atoms with E-state index in [0.29, 0.717) is 13.2 Å². The molecule has 14 heavy (non-hydrogen) atoms. The van der Waals surface area contributed by atoms with Crippen molar-refractivity contribution >= 4 is 17.2 Å². The number of rotatable bonds is 3. The Morgan fingerprint density at radius 1 is 1.64 bits per heavy atom. The summed E-state index contributed by atoms with van der Waals surface area (Å²) >= 11 is 1.59. The van der Waals surface area contributed by atoms with Gasteiger partial charge in [0.1, 0.15) is 6.61 Å². The fourth-order valence-electron chi connectivity index (χ4n) is 1.40. The number of nitrogens with zero attached hydrogens (tertiary/aromatic N) is 2. The van der Waals surface area contributed by atoms with Crippen molar-refractivity contribution in [2.75, 3.05) is 26.3 Å². The van der Waals surface area contributed by atoms with Gasteiger partial charge in [-0.3, -0.25) is 4.79 Å². The lowest BCUT2D eigenvalue weighted by molar-refractivity contribution is -0.142. The maximum atomic E-state index is 11.3. The number of thiazole rings is 1. The van der Waals surface area contributed by atoms with Crippen molar-refractivity contribution in [2.45, 2.75) is 6.42 Å². The number of amides is 1. The van der Waals surface area contributed by atoms with Gasteiger partial charge in [-0.25, -0.2) is 4.98 Å². The van der Waals surface area contributed by atoms with Crippen LogP contribution >= 0.6 is 11.3 Å². The molecule has 1 aromatic rings. The van der Waals surface area contributed by atoms with Crippen LogP contribution in [-0.4, -0.2) is 42.1 Å². The zero-order chi connectivity index (χ0) is 9.80. The summed E-state index contributed by atoms with van der Waals surface area (Å²) in [7, 11) is 0. The second-order valence-corrected chi connectivity index (χ2v) is 3.88. The highest BCUT2D eigenvalue weighted by atomic mass is 32.1. The van der Waals surface area contributed by atoms with Crippen LogP contribution in [0.25, 0.3) is 0 Å². The van der Waals surface area contributed by atoms with E-state index in [-0.39, 0.29) is 12.5 Å². The summed E-state index contributed by atoms with van der Waals surface area (Å²) in [6.45, 7) is 2.36. The summed E-state index contributed by atoms with van der Waals surface area (Å²) in [4.78, 5) is 17.3. The molecule has 0 aromatic carbocycles. The van der Waals surface area contributed by atoms with E-state index in [9.17, 15) is 4.79 Å². The monoisotopic (exact) mass is 212 g/mol. The maximum absolute atomic E-state index is 11.3. The van der Waals surface area contributed by atoms with Crippen molar-refractivity contribution in [1.82, 2.24) is 9.88 Å². The van der Waals surface area contributed by atoms with Crippen molar-refractivity contribution in [2.24, 2.45) is 0 Å². The first-order valence-corrected chi connectivity index (χ1v) is 5.53. The second kappa shape index (κ2) is 4.52.